The molecule has 130 valence electrons. The number of hydrogen-bond acceptors (Lipinski definition) is 3. The molecule has 1 N–H and O–H groups in total. The second-order valence-electron chi connectivity index (χ2n) is 6.15. The van der Waals surface area contributed by atoms with Crippen molar-refractivity contribution in [2.24, 2.45) is 0 Å². The number of nitrogens with one attached hydrogen (secondary N) is 1. The van der Waals surface area contributed by atoms with Crippen LogP contribution < -0.4 is 10.2 Å². The van der Waals surface area contributed by atoms with Crippen LogP contribution in [0.4, 0.5) is 10.5 Å². The maximum atomic E-state index is 12.4. The first kappa shape index (κ1) is 18.0. The maximum absolute atomic E-state index is 12.4. The van der Waals surface area contributed by atoms with Gasteiger partial charge in [0.15, 0.2) is 0 Å². The minimum Gasteiger partial charge on any atom is -0.352 e. The Kier molecular flexibility index (Phi) is 6.35. The van der Waals surface area contributed by atoms with Crippen LogP contribution in [-0.4, -0.2) is 41.9 Å². The smallest absolute Gasteiger partial charge is 0.332 e. The number of amides is 4. The Bertz CT molecular complexity index is 588. The van der Waals surface area contributed by atoms with E-state index < -0.39 is 6.03 Å². The van der Waals surface area contributed by atoms with Crippen LogP contribution in [0, 0.1) is 0 Å². The molecule has 0 aromatic heterocycles. The molecule has 1 saturated heterocycles. The zero-order valence-electron chi connectivity index (χ0n) is 14.3. The van der Waals surface area contributed by atoms with Crippen molar-refractivity contribution < 1.29 is 14.4 Å². The summed E-state index contributed by atoms with van der Waals surface area (Å²) in [5.74, 6) is -0.645. The number of carbonyl (C=O) groups is 3. The van der Waals surface area contributed by atoms with E-state index in [0.717, 1.165) is 30.6 Å². The Morgan fingerprint density at radius 3 is 2.58 bits per heavy atom. The van der Waals surface area contributed by atoms with Gasteiger partial charge in [0.05, 0.1) is 0 Å². The molecule has 1 heterocycles. The van der Waals surface area contributed by atoms with Gasteiger partial charge >= 0.3 is 6.03 Å². The molecule has 24 heavy (non-hydrogen) atoms. The number of carbonyl (C=O) groups excluding carboxylic acids is 3. The first-order valence-corrected chi connectivity index (χ1v) is 8.49. The molecule has 1 aliphatic rings. The quantitative estimate of drug-likeness (QED) is 0.588. The molecule has 1 aliphatic heterocycles. The summed E-state index contributed by atoms with van der Waals surface area (Å²) in [5.41, 5.74) is 0.659. The van der Waals surface area contributed by atoms with E-state index in [4.69, 9.17) is 0 Å². The summed E-state index contributed by atoms with van der Waals surface area (Å²) in [5, 5.41) is 2.86. The number of hydrogen-bond donors (Lipinski definition) is 1. The lowest BCUT2D eigenvalue weighted by molar-refractivity contribution is -0.130. The van der Waals surface area contributed by atoms with Gasteiger partial charge in [0.25, 0.3) is 5.91 Å². The summed E-state index contributed by atoms with van der Waals surface area (Å²) < 4.78 is 0. The van der Waals surface area contributed by atoms with E-state index >= 15 is 0 Å². The standard InChI is InChI=1S/C18H25N3O3/c1-3-4-6-9-14(2)19-16(22)12-21-17(23)13-20(18(21)24)15-10-7-5-8-11-15/h5,7-8,10-11,14H,3-4,6,9,12-13H2,1-2H3,(H,19,22). The summed E-state index contributed by atoms with van der Waals surface area (Å²) in [6.45, 7) is 3.82. The van der Waals surface area contributed by atoms with Gasteiger partial charge in [-0.15, -0.1) is 0 Å². The van der Waals surface area contributed by atoms with Gasteiger partial charge in [0.2, 0.25) is 5.91 Å². The van der Waals surface area contributed by atoms with Crippen LogP contribution in [0.15, 0.2) is 30.3 Å². The third-order valence-electron chi connectivity index (χ3n) is 4.07. The van der Waals surface area contributed by atoms with Crippen LogP contribution in [0.2, 0.25) is 0 Å². The van der Waals surface area contributed by atoms with Crippen molar-refractivity contribution in [2.45, 2.75) is 45.6 Å². The second-order valence-corrected chi connectivity index (χ2v) is 6.15. The summed E-state index contributed by atoms with van der Waals surface area (Å²) in [7, 11) is 0. The van der Waals surface area contributed by atoms with Gasteiger partial charge in [-0.05, 0) is 25.5 Å². The highest BCUT2D eigenvalue weighted by Gasteiger charge is 2.37. The molecule has 0 radical (unpaired) electrons. The molecule has 1 fully saturated rings. The van der Waals surface area contributed by atoms with Crippen LogP contribution in [0.5, 0.6) is 0 Å². The Morgan fingerprint density at radius 1 is 1.21 bits per heavy atom. The van der Waals surface area contributed by atoms with E-state index in [2.05, 4.69) is 12.2 Å². The Hall–Kier alpha value is -2.37. The average molecular weight is 331 g/mol. The predicted octanol–water partition coefficient (Wildman–Crippen LogP) is 2.54. The normalized spacial score (nSPS) is 15.8. The molecule has 1 aromatic rings. The van der Waals surface area contributed by atoms with Crippen LogP contribution in [-0.2, 0) is 9.59 Å². The van der Waals surface area contributed by atoms with Crippen molar-refractivity contribution in [3.8, 4) is 0 Å². The largest absolute Gasteiger partial charge is 0.352 e. The van der Waals surface area contributed by atoms with E-state index in [1.165, 1.54) is 4.90 Å². The highest BCUT2D eigenvalue weighted by molar-refractivity contribution is 6.13. The first-order valence-electron chi connectivity index (χ1n) is 8.49. The van der Waals surface area contributed by atoms with Crippen LogP contribution in [0.1, 0.15) is 39.5 Å². The summed E-state index contributed by atoms with van der Waals surface area (Å²) in [6.07, 6.45) is 4.22. The molecule has 1 aromatic carbocycles. The van der Waals surface area contributed by atoms with E-state index in [0.29, 0.717) is 5.69 Å². The zero-order chi connectivity index (χ0) is 17.5. The predicted molar refractivity (Wildman–Crippen MR) is 92.6 cm³/mol. The van der Waals surface area contributed by atoms with Crippen molar-refractivity contribution >= 4 is 23.5 Å². The Labute approximate surface area is 142 Å². The lowest BCUT2D eigenvalue weighted by Gasteiger charge is -2.18. The van der Waals surface area contributed by atoms with Crippen molar-refractivity contribution in [1.82, 2.24) is 10.2 Å². The molecular weight excluding hydrogens is 306 g/mol. The summed E-state index contributed by atoms with van der Waals surface area (Å²) in [6, 6.07) is 8.59. The van der Waals surface area contributed by atoms with E-state index in [-0.39, 0.29) is 30.9 Å². The van der Waals surface area contributed by atoms with E-state index in [9.17, 15) is 14.4 Å². The van der Waals surface area contributed by atoms with Crippen LogP contribution >= 0.6 is 0 Å². The topological polar surface area (TPSA) is 69.7 Å². The molecule has 1 unspecified atom stereocenters. The minimum atomic E-state index is -0.444. The number of benzene rings is 1. The molecular formula is C18H25N3O3. The highest BCUT2D eigenvalue weighted by Crippen LogP contribution is 2.20. The zero-order valence-corrected chi connectivity index (χ0v) is 14.3. The summed E-state index contributed by atoms with van der Waals surface area (Å²) in [4.78, 5) is 39.0. The van der Waals surface area contributed by atoms with Gasteiger partial charge in [-0.25, -0.2) is 4.79 Å². The average Bonchev–Trinajstić information content (AvgIpc) is 2.84. The van der Waals surface area contributed by atoms with Crippen molar-refractivity contribution in [3.05, 3.63) is 30.3 Å². The van der Waals surface area contributed by atoms with Gasteiger partial charge in [-0.1, -0.05) is 44.4 Å². The van der Waals surface area contributed by atoms with Crippen molar-refractivity contribution in [1.29, 1.82) is 0 Å². The molecule has 1 atom stereocenters. The molecule has 0 spiro atoms. The Morgan fingerprint density at radius 2 is 1.92 bits per heavy atom. The van der Waals surface area contributed by atoms with Gasteiger partial charge < -0.3 is 5.32 Å². The SMILES string of the molecule is CCCCCC(C)NC(=O)CN1C(=O)CN(c2ccccc2)C1=O. The van der Waals surface area contributed by atoms with Gasteiger partial charge in [0, 0.05) is 11.7 Å². The third-order valence-corrected chi connectivity index (χ3v) is 4.07. The number of anilines is 1. The first-order chi connectivity index (χ1) is 11.5. The van der Waals surface area contributed by atoms with Crippen molar-refractivity contribution in [2.75, 3.05) is 18.0 Å². The molecule has 0 saturated carbocycles. The lowest BCUT2D eigenvalue weighted by Crippen LogP contribution is -2.44. The number of para-hydroxylation sites is 1. The third kappa shape index (κ3) is 4.57. The second kappa shape index (κ2) is 8.47. The number of urea groups is 1. The fourth-order valence-electron chi connectivity index (χ4n) is 2.74. The minimum absolute atomic E-state index is 0.0256. The van der Waals surface area contributed by atoms with Crippen molar-refractivity contribution in [3.63, 3.8) is 0 Å². The fourth-order valence-corrected chi connectivity index (χ4v) is 2.74. The monoisotopic (exact) mass is 331 g/mol. The molecule has 6 heteroatoms. The summed E-state index contributed by atoms with van der Waals surface area (Å²) >= 11 is 0. The molecule has 6 nitrogen and oxygen atoms in total. The van der Waals surface area contributed by atoms with E-state index in [1.54, 1.807) is 24.3 Å². The van der Waals surface area contributed by atoms with Gasteiger partial charge in [-0.2, -0.15) is 0 Å². The number of nitrogens with zero attached hydrogens (tertiary/aromatic N) is 2. The van der Waals surface area contributed by atoms with Crippen LogP contribution in [0.25, 0.3) is 0 Å². The molecule has 2 rings (SSSR count). The van der Waals surface area contributed by atoms with Gasteiger partial charge in [0.1, 0.15) is 13.1 Å². The molecule has 0 bridgehead atoms. The van der Waals surface area contributed by atoms with Crippen LogP contribution in [0.3, 0.4) is 0 Å². The van der Waals surface area contributed by atoms with Gasteiger partial charge in [-0.3, -0.25) is 19.4 Å². The number of unbranched alkanes of at least 4 members (excludes halogenated alkanes) is 2. The maximum Gasteiger partial charge on any atom is 0.332 e. The molecule has 0 aliphatic carbocycles. The number of imide groups is 1. The Balaban J connectivity index is 1.89. The lowest BCUT2D eigenvalue weighted by atomic mass is 10.1. The molecule has 4 amide bonds. The van der Waals surface area contributed by atoms with E-state index in [1.807, 2.05) is 13.0 Å². The fraction of sp³-hybridized carbons (Fsp3) is 0.500. The highest BCUT2D eigenvalue weighted by atomic mass is 16.2. The number of rotatable bonds is 8.